The summed E-state index contributed by atoms with van der Waals surface area (Å²) in [5.74, 6) is -0.220. The fraction of sp³-hybridized carbons (Fsp3) is 0.235. The van der Waals surface area contributed by atoms with Crippen molar-refractivity contribution in [1.82, 2.24) is 0 Å². The average molecular weight is 286 g/mol. The molecule has 0 aromatic heterocycles. The first-order valence-corrected chi connectivity index (χ1v) is 7.36. The van der Waals surface area contributed by atoms with Crippen molar-refractivity contribution in [2.75, 3.05) is 7.11 Å². The lowest BCUT2D eigenvalue weighted by Gasteiger charge is -2.16. The molecule has 0 amide bonds. The Bertz CT molecular complexity index is 593. The quantitative estimate of drug-likeness (QED) is 0.619. The van der Waals surface area contributed by atoms with Crippen LogP contribution in [0.3, 0.4) is 0 Å². The van der Waals surface area contributed by atoms with Crippen molar-refractivity contribution in [3.8, 4) is 0 Å². The van der Waals surface area contributed by atoms with Crippen LogP contribution in [-0.4, -0.2) is 13.1 Å². The van der Waals surface area contributed by atoms with E-state index in [1.807, 2.05) is 30.3 Å². The van der Waals surface area contributed by atoms with Crippen LogP contribution in [0.4, 0.5) is 0 Å². The minimum atomic E-state index is -0.332. The fourth-order valence-electron chi connectivity index (χ4n) is 1.95. The molecule has 3 heteroatoms. The monoisotopic (exact) mass is 286 g/mol. The van der Waals surface area contributed by atoms with E-state index >= 15 is 0 Å². The van der Waals surface area contributed by atoms with E-state index in [-0.39, 0.29) is 11.2 Å². The highest BCUT2D eigenvalue weighted by atomic mass is 32.2. The molecule has 0 saturated carbocycles. The van der Waals surface area contributed by atoms with Crippen molar-refractivity contribution >= 4 is 17.7 Å². The third-order valence-electron chi connectivity index (χ3n) is 3.11. The van der Waals surface area contributed by atoms with Crippen molar-refractivity contribution in [2.45, 2.75) is 24.0 Å². The molecule has 2 nitrogen and oxygen atoms in total. The SMILES string of the molecule is COC(=O)C(Sc1cc(C)ccc1C)c1ccccc1. The van der Waals surface area contributed by atoms with Gasteiger partial charge in [0, 0.05) is 4.90 Å². The number of thioether (sulfide) groups is 1. The van der Waals surface area contributed by atoms with E-state index in [1.54, 1.807) is 11.8 Å². The number of benzene rings is 2. The number of hydrogen-bond donors (Lipinski definition) is 0. The van der Waals surface area contributed by atoms with E-state index in [4.69, 9.17) is 4.74 Å². The highest BCUT2D eigenvalue weighted by Gasteiger charge is 2.23. The number of rotatable bonds is 4. The zero-order valence-corrected chi connectivity index (χ0v) is 12.7. The van der Waals surface area contributed by atoms with Crippen LogP contribution in [0.5, 0.6) is 0 Å². The maximum Gasteiger partial charge on any atom is 0.323 e. The molecule has 0 N–H and O–H groups in total. The maximum absolute atomic E-state index is 12.1. The zero-order valence-electron chi connectivity index (χ0n) is 11.9. The van der Waals surface area contributed by atoms with E-state index < -0.39 is 0 Å². The topological polar surface area (TPSA) is 26.3 Å². The number of esters is 1. The van der Waals surface area contributed by atoms with Crippen molar-refractivity contribution < 1.29 is 9.53 Å². The van der Waals surface area contributed by atoms with Gasteiger partial charge >= 0.3 is 5.97 Å². The summed E-state index contributed by atoms with van der Waals surface area (Å²) in [6.45, 7) is 4.11. The zero-order chi connectivity index (χ0) is 14.5. The van der Waals surface area contributed by atoms with Crippen molar-refractivity contribution in [1.29, 1.82) is 0 Å². The van der Waals surface area contributed by atoms with E-state index in [0.29, 0.717) is 0 Å². The molecule has 0 heterocycles. The lowest BCUT2D eigenvalue weighted by Crippen LogP contribution is -2.11. The molecule has 0 radical (unpaired) electrons. The maximum atomic E-state index is 12.1. The number of hydrogen-bond acceptors (Lipinski definition) is 3. The summed E-state index contributed by atoms with van der Waals surface area (Å²) in [5, 5.41) is -0.332. The Morgan fingerprint density at radius 1 is 1.10 bits per heavy atom. The Hall–Kier alpha value is -1.74. The smallest absolute Gasteiger partial charge is 0.323 e. The third-order valence-corrected chi connectivity index (χ3v) is 4.50. The number of carbonyl (C=O) groups is 1. The van der Waals surface area contributed by atoms with Crippen LogP contribution in [0.15, 0.2) is 53.4 Å². The first-order chi connectivity index (χ1) is 9.61. The van der Waals surface area contributed by atoms with Crippen molar-refractivity contribution in [2.24, 2.45) is 0 Å². The summed E-state index contributed by atoms with van der Waals surface area (Å²) in [6.07, 6.45) is 0. The molecule has 0 aliphatic heterocycles. The highest BCUT2D eigenvalue weighted by molar-refractivity contribution is 8.00. The van der Waals surface area contributed by atoms with Crippen LogP contribution in [0.1, 0.15) is 21.9 Å². The predicted molar refractivity (Wildman–Crippen MR) is 83.0 cm³/mol. The number of carbonyl (C=O) groups excluding carboxylic acids is 1. The Kier molecular flexibility index (Phi) is 4.85. The number of aryl methyl sites for hydroxylation is 2. The Morgan fingerprint density at radius 2 is 1.80 bits per heavy atom. The first-order valence-electron chi connectivity index (χ1n) is 6.48. The van der Waals surface area contributed by atoms with Crippen molar-refractivity contribution in [3.05, 3.63) is 65.2 Å². The molecule has 0 spiro atoms. The second-order valence-electron chi connectivity index (χ2n) is 4.70. The van der Waals surface area contributed by atoms with Crippen LogP contribution in [0.25, 0.3) is 0 Å². The van der Waals surface area contributed by atoms with Gasteiger partial charge in [0.25, 0.3) is 0 Å². The minimum Gasteiger partial charge on any atom is -0.468 e. The average Bonchev–Trinajstić information content (AvgIpc) is 2.48. The second kappa shape index (κ2) is 6.62. The second-order valence-corrected chi connectivity index (χ2v) is 5.85. The van der Waals surface area contributed by atoms with Gasteiger partial charge < -0.3 is 4.74 Å². The summed E-state index contributed by atoms with van der Waals surface area (Å²) in [7, 11) is 1.43. The van der Waals surface area contributed by atoms with Gasteiger partial charge in [-0.15, -0.1) is 11.8 Å². The summed E-state index contributed by atoms with van der Waals surface area (Å²) < 4.78 is 4.95. The fourth-order valence-corrected chi connectivity index (χ4v) is 3.20. The number of methoxy groups -OCH3 is 1. The molecule has 0 saturated heterocycles. The summed E-state index contributed by atoms with van der Waals surface area (Å²) in [4.78, 5) is 13.2. The van der Waals surface area contributed by atoms with Gasteiger partial charge in [0.15, 0.2) is 0 Å². The summed E-state index contributed by atoms with van der Waals surface area (Å²) in [6, 6.07) is 16.0. The van der Waals surface area contributed by atoms with Crippen LogP contribution < -0.4 is 0 Å². The normalized spacial score (nSPS) is 11.9. The molecule has 104 valence electrons. The van der Waals surface area contributed by atoms with Crippen LogP contribution >= 0.6 is 11.8 Å². The van der Waals surface area contributed by atoms with Crippen LogP contribution in [0.2, 0.25) is 0 Å². The van der Waals surface area contributed by atoms with Gasteiger partial charge in [0.2, 0.25) is 0 Å². The Balaban J connectivity index is 2.34. The van der Waals surface area contributed by atoms with E-state index in [2.05, 4.69) is 32.0 Å². The lowest BCUT2D eigenvalue weighted by molar-refractivity contribution is -0.140. The molecule has 0 bridgehead atoms. The predicted octanol–water partition coefficient (Wildman–Crippen LogP) is 4.31. The van der Waals surface area contributed by atoms with Gasteiger partial charge in [0.05, 0.1) is 7.11 Å². The van der Waals surface area contributed by atoms with Gasteiger partial charge in [0.1, 0.15) is 5.25 Å². The Labute approximate surface area is 124 Å². The van der Waals surface area contributed by atoms with Crippen LogP contribution in [-0.2, 0) is 9.53 Å². The van der Waals surface area contributed by atoms with E-state index in [0.717, 1.165) is 10.5 Å². The minimum absolute atomic E-state index is 0.220. The van der Waals surface area contributed by atoms with E-state index in [9.17, 15) is 4.79 Å². The van der Waals surface area contributed by atoms with Gasteiger partial charge in [-0.3, -0.25) is 4.79 Å². The molecule has 0 fully saturated rings. The first kappa shape index (κ1) is 14.7. The van der Waals surface area contributed by atoms with Gasteiger partial charge in [-0.25, -0.2) is 0 Å². The van der Waals surface area contributed by atoms with Gasteiger partial charge in [-0.05, 0) is 31.0 Å². The molecule has 2 aromatic rings. The summed E-state index contributed by atoms with van der Waals surface area (Å²) in [5.41, 5.74) is 3.32. The van der Waals surface area contributed by atoms with Crippen molar-refractivity contribution in [3.63, 3.8) is 0 Å². The molecular weight excluding hydrogens is 268 g/mol. The van der Waals surface area contributed by atoms with E-state index in [1.165, 1.54) is 18.2 Å². The molecule has 0 aliphatic carbocycles. The van der Waals surface area contributed by atoms with Crippen LogP contribution in [0, 0.1) is 13.8 Å². The molecule has 2 aromatic carbocycles. The highest BCUT2D eigenvalue weighted by Crippen LogP contribution is 2.38. The molecule has 1 atom stereocenters. The number of ether oxygens (including phenoxy) is 1. The molecule has 2 rings (SSSR count). The molecular formula is C17H18O2S. The van der Waals surface area contributed by atoms with Gasteiger partial charge in [-0.2, -0.15) is 0 Å². The lowest BCUT2D eigenvalue weighted by atomic mass is 10.1. The third kappa shape index (κ3) is 3.42. The van der Waals surface area contributed by atoms with Gasteiger partial charge in [-0.1, -0.05) is 48.0 Å². The largest absolute Gasteiger partial charge is 0.468 e. The molecule has 1 unspecified atom stereocenters. The molecule has 20 heavy (non-hydrogen) atoms. The summed E-state index contributed by atoms with van der Waals surface area (Å²) >= 11 is 1.54. The molecule has 0 aliphatic rings. The standard InChI is InChI=1S/C17H18O2S/c1-12-9-10-13(2)15(11-12)20-16(17(18)19-3)14-7-5-4-6-8-14/h4-11,16H,1-3H3. The Morgan fingerprint density at radius 3 is 2.45 bits per heavy atom.